The minimum absolute atomic E-state index is 0.405. The van der Waals surface area contributed by atoms with Gasteiger partial charge in [-0.25, -0.2) is 0 Å². The van der Waals surface area contributed by atoms with Crippen molar-refractivity contribution >= 4 is 11.8 Å². The number of rotatable bonds is 6. The summed E-state index contributed by atoms with van der Waals surface area (Å²) in [4.78, 5) is 24.0. The first-order valence-electron chi connectivity index (χ1n) is 7.70. The first kappa shape index (κ1) is 17.3. The van der Waals surface area contributed by atoms with Crippen LogP contribution in [-0.2, 0) is 0 Å². The van der Waals surface area contributed by atoms with Gasteiger partial charge in [0.25, 0.3) is 11.8 Å². The molecule has 2 rings (SSSR count). The van der Waals surface area contributed by atoms with Crippen LogP contribution in [0, 0.1) is 0 Å². The maximum atomic E-state index is 12.0. The van der Waals surface area contributed by atoms with E-state index in [-0.39, 0.29) is 0 Å². The van der Waals surface area contributed by atoms with Gasteiger partial charge in [0.1, 0.15) is 11.5 Å². The molecule has 2 amide bonds. The van der Waals surface area contributed by atoms with Gasteiger partial charge in [0.15, 0.2) is 0 Å². The van der Waals surface area contributed by atoms with Gasteiger partial charge < -0.3 is 9.47 Å². The van der Waals surface area contributed by atoms with Crippen LogP contribution in [0.15, 0.2) is 48.5 Å². The molecule has 0 spiro atoms. The second-order valence-corrected chi connectivity index (χ2v) is 4.82. The summed E-state index contributed by atoms with van der Waals surface area (Å²) in [6.45, 7) is 4.89. The Morgan fingerprint density at radius 1 is 0.708 bits per heavy atom. The highest BCUT2D eigenvalue weighted by molar-refractivity contribution is 5.99. The fourth-order valence-electron chi connectivity index (χ4n) is 2.00. The van der Waals surface area contributed by atoms with Crippen LogP contribution in [0.3, 0.4) is 0 Å². The average Bonchev–Trinajstić information content (AvgIpc) is 2.61. The van der Waals surface area contributed by atoms with Crippen LogP contribution in [0.25, 0.3) is 0 Å². The van der Waals surface area contributed by atoms with Gasteiger partial charge >= 0.3 is 0 Å². The third-order valence-electron chi connectivity index (χ3n) is 3.14. The van der Waals surface area contributed by atoms with E-state index < -0.39 is 11.8 Å². The Hall–Kier alpha value is -3.02. The van der Waals surface area contributed by atoms with E-state index in [0.717, 1.165) is 0 Å². The van der Waals surface area contributed by atoms with E-state index >= 15 is 0 Å². The molecule has 0 aliphatic heterocycles. The Morgan fingerprint density at radius 2 is 1.04 bits per heavy atom. The molecule has 0 saturated heterocycles. The largest absolute Gasteiger partial charge is 0.494 e. The summed E-state index contributed by atoms with van der Waals surface area (Å²) in [7, 11) is 0. The summed E-state index contributed by atoms with van der Waals surface area (Å²) >= 11 is 0. The zero-order valence-electron chi connectivity index (χ0n) is 13.7. The van der Waals surface area contributed by atoms with Gasteiger partial charge in [0.05, 0.1) is 13.2 Å². The Balaban J connectivity index is 1.89. The van der Waals surface area contributed by atoms with E-state index in [2.05, 4.69) is 10.9 Å². The topological polar surface area (TPSA) is 76.7 Å². The highest BCUT2D eigenvalue weighted by Crippen LogP contribution is 2.13. The molecule has 0 heterocycles. The minimum Gasteiger partial charge on any atom is -0.494 e. The zero-order chi connectivity index (χ0) is 17.4. The van der Waals surface area contributed by atoms with Crippen LogP contribution in [0.2, 0.25) is 0 Å². The summed E-state index contributed by atoms with van der Waals surface area (Å²) in [6, 6.07) is 13.3. The summed E-state index contributed by atoms with van der Waals surface area (Å²) < 4.78 is 10.6. The summed E-state index contributed by atoms with van der Waals surface area (Å²) in [5, 5.41) is 0. The van der Waals surface area contributed by atoms with E-state index in [4.69, 9.17) is 9.47 Å². The van der Waals surface area contributed by atoms with E-state index in [1.807, 2.05) is 13.8 Å². The number of nitrogens with one attached hydrogen (secondary N) is 2. The molecule has 0 radical (unpaired) electrons. The quantitative estimate of drug-likeness (QED) is 0.799. The lowest BCUT2D eigenvalue weighted by Crippen LogP contribution is -2.41. The molecule has 6 nitrogen and oxygen atoms in total. The Labute approximate surface area is 140 Å². The molecule has 0 bridgehead atoms. The number of benzene rings is 2. The fourth-order valence-corrected chi connectivity index (χ4v) is 2.00. The Bertz CT molecular complexity index is 620. The molecule has 0 aliphatic carbocycles. The highest BCUT2D eigenvalue weighted by atomic mass is 16.5. The van der Waals surface area contributed by atoms with Crippen molar-refractivity contribution in [2.45, 2.75) is 13.8 Å². The Kier molecular flexibility index (Phi) is 6.19. The van der Waals surface area contributed by atoms with Gasteiger partial charge in [-0.1, -0.05) is 0 Å². The standard InChI is InChI=1S/C18H20N2O4/c1-3-23-15-9-5-13(6-10-15)17(21)19-20-18(22)14-7-11-16(12-8-14)24-4-2/h5-12H,3-4H2,1-2H3,(H,19,21)(H,20,22). The number of ether oxygens (including phenoxy) is 2. The molecule has 126 valence electrons. The van der Waals surface area contributed by atoms with Crippen molar-refractivity contribution in [1.29, 1.82) is 0 Å². The highest BCUT2D eigenvalue weighted by Gasteiger charge is 2.09. The van der Waals surface area contributed by atoms with Gasteiger partial charge in [0.2, 0.25) is 0 Å². The van der Waals surface area contributed by atoms with Gasteiger partial charge in [-0.3, -0.25) is 20.4 Å². The normalized spacial score (nSPS) is 9.92. The van der Waals surface area contributed by atoms with E-state index in [0.29, 0.717) is 35.8 Å². The van der Waals surface area contributed by atoms with Crippen molar-refractivity contribution in [1.82, 2.24) is 10.9 Å². The lowest BCUT2D eigenvalue weighted by atomic mass is 10.2. The smallest absolute Gasteiger partial charge is 0.269 e. The number of hydrazine groups is 1. The predicted molar refractivity (Wildman–Crippen MR) is 90.2 cm³/mol. The van der Waals surface area contributed by atoms with E-state index in [1.54, 1.807) is 48.5 Å². The molecule has 0 saturated carbocycles. The van der Waals surface area contributed by atoms with Crippen molar-refractivity contribution in [2.24, 2.45) is 0 Å². The molecule has 0 aliphatic rings. The van der Waals surface area contributed by atoms with Crippen LogP contribution in [0.4, 0.5) is 0 Å². The van der Waals surface area contributed by atoms with Crippen LogP contribution < -0.4 is 20.3 Å². The third kappa shape index (κ3) is 4.74. The third-order valence-corrected chi connectivity index (χ3v) is 3.14. The first-order valence-corrected chi connectivity index (χ1v) is 7.70. The molecule has 0 fully saturated rings. The summed E-state index contributed by atoms with van der Waals surface area (Å²) in [5.41, 5.74) is 5.60. The van der Waals surface area contributed by atoms with E-state index in [1.165, 1.54) is 0 Å². The molecule has 0 atom stereocenters. The van der Waals surface area contributed by atoms with Gasteiger partial charge in [0, 0.05) is 11.1 Å². The van der Waals surface area contributed by atoms with Gasteiger partial charge in [-0.2, -0.15) is 0 Å². The average molecular weight is 328 g/mol. The maximum absolute atomic E-state index is 12.0. The number of carbonyl (C=O) groups excluding carboxylic acids is 2. The first-order chi connectivity index (χ1) is 11.6. The molecular weight excluding hydrogens is 308 g/mol. The second-order valence-electron chi connectivity index (χ2n) is 4.82. The number of hydrogen-bond acceptors (Lipinski definition) is 4. The van der Waals surface area contributed by atoms with Crippen molar-refractivity contribution in [3.05, 3.63) is 59.7 Å². The fraction of sp³-hybridized carbons (Fsp3) is 0.222. The summed E-state index contributed by atoms with van der Waals surface area (Å²) in [5.74, 6) is 0.564. The lowest BCUT2D eigenvalue weighted by Gasteiger charge is -2.09. The van der Waals surface area contributed by atoms with Crippen molar-refractivity contribution in [3.8, 4) is 11.5 Å². The number of hydrogen-bond donors (Lipinski definition) is 2. The number of amides is 2. The minimum atomic E-state index is -0.405. The molecule has 2 aromatic carbocycles. The molecule has 2 N–H and O–H groups in total. The van der Waals surface area contributed by atoms with Gasteiger partial charge in [-0.05, 0) is 62.4 Å². The molecule has 6 heteroatoms. The van der Waals surface area contributed by atoms with Crippen molar-refractivity contribution < 1.29 is 19.1 Å². The lowest BCUT2D eigenvalue weighted by molar-refractivity contribution is 0.0846. The molecular formula is C18H20N2O4. The van der Waals surface area contributed by atoms with Crippen molar-refractivity contribution in [2.75, 3.05) is 13.2 Å². The number of carbonyl (C=O) groups is 2. The second kappa shape index (κ2) is 8.57. The Morgan fingerprint density at radius 3 is 1.33 bits per heavy atom. The predicted octanol–water partition coefficient (Wildman–Crippen LogP) is 2.56. The maximum Gasteiger partial charge on any atom is 0.269 e. The SMILES string of the molecule is CCOc1ccc(C(=O)NNC(=O)c2ccc(OCC)cc2)cc1. The van der Waals surface area contributed by atoms with Crippen LogP contribution in [0.1, 0.15) is 34.6 Å². The molecule has 2 aromatic rings. The van der Waals surface area contributed by atoms with Crippen LogP contribution in [0.5, 0.6) is 11.5 Å². The molecule has 0 unspecified atom stereocenters. The van der Waals surface area contributed by atoms with Crippen molar-refractivity contribution in [3.63, 3.8) is 0 Å². The molecule has 0 aromatic heterocycles. The van der Waals surface area contributed by atoms with Crippen LogP contribution in [-0.4, -0.2) is 25.0 Å². The monoisotopic (exact) mass is 328 g/mol. The van der Waals surface area contributed by atoms with E-state index in [9.17, 15) is 9.59 Å². The van der Waals surface area contributed by atoms with Crippen LogP contribution >= 0.6 is 0 Å². The summed E-state index contributed by atoms with van der Waals surface area (Å²) in [6.07, 6.45) is 0. The van der Waals surface area contributed by atoms with Gasteiger partial charge in [-0.15, -0.1) is 0 Å². The molecule has 24 heavy (non-hydrogen) atoms. The zero-order valence-corrected chi connectivity index (χ0v) is 13.7.